The van der Waals surface area contributed by atoms with Crippen LogP contribution in [-0.2, 0) is 0 Å². The number of methoxy groups -OCH3 is 2. The highest BCUT2D eigenvalue weighted by atomic mass is 35.5. The molecule has 2 rings (SSSR count). The van der Waals surface area contributed by atoms with Crippen LogP contribution < -0.4 is 9.47 Å². The molecule has 1 unspecified atom stereocenters. The molecule has 0 amide bonds. The summed E-state index contributed by atoms with van der Waals surface area (Å²) < 4.78 is 10.5. The first-order valence-corrected chi connectivity index (χ1v) is 6.61. The van der Waals surface area contributed by atoms with Gasteiger partial charge in [-0.05, 0) is 24.6 Å². The summed E-state index contributed by atoms with van der Waals surface area (Å²) in [4.78, 5) is 0. The summed E-state index contributed by atoms with van der Waals surface area (Å²) in [6.45, 7) is 2.00. The fourth-order valence-electron chi connectivity index (χ4n) is 2.06. The molecule has 0 saturated carbocycles. The van der Waals surface area contributed by atoms with E-state index in [9.17, 15) is 5.11 Å². The maximum atomic E-state index is 10.5. The van der Waals surface area contributed by atoms with E-state index in [1.165, 1.54) is 14.2 Å². The van der Waals surface area contributed by atoms with Crippen molar-refractivity contribution >= 4 is 11.6 Å². The quantitative estimate of drug-likeness (QED) is 0.933. The molecule has 0 heterocycles. The molecule has 0 fully saturated rings. The highest BCUT2D eigenvalue weighted by Crippen LogP contribution is 2.40. The van der Waals surface area contributed by atoms with E-state index in [0.717, 1.165) is 11.1 Å². The van der Waals surface area contributed by atoms with E-state index in [-0.39, 0.29) is 0 Å². The van der Waals surface area contributed by atoms with Gasteiger partial charge in [-0.1, -0.05) is 41.4 Å². The zero-order chi connectivity index (χ0) is 14.7. The molecular formula is C16H17ClO3. The molecule has 1 atom stereocenters. The van der Waals surface area contributed by atoms with Crippen molar-refractivity contribution in [3.05, 3.63) is 58.1 Å². The number of halogens is 1. The van der Waals surface area contributed by atoms with Crippen molar-refractivity contribution < 1.29 is 14.6 Å². The van der Waals surface area contributed by atoms with Crippen LogP contribution in [0.5, 0.6) is 11.5 Å². The SMILES string of the molecule is COc1ccc(C(O)c2ccc(C)cc2)c(OC)c1Cl. The summed E-state index contributed by atoms with van der Waals surface area (Å²) in [5.41, 5.74) is 2.54. The van der Waals surface area contributed by atoms with Gasteiger partial charge in [-0.3, -0.25) is 0 Å². The summed E-state index contributed by atoms with van der Waals surface area (Å²) in [6, 6.07) is 11.2. The Morgan fingerprint density at radius 2 is 1.65 bits per heavy atom. The van der Waals surface area contributed by atoms with E-state index in [1.807, 2.05) is 31.2 Å². The van der Waals surface area contributed by atoms with Crippen LogP contribution in [0.3, 0.4) is 0 Å². The number of benzene rings is 2. The fourth-order valence-corrected chi connectivity index (χ4v) is 2.39. The van der Waals surface area contributed by atoms with E-state index in [2.05, 4.69) is 0 Å². The third-order valence-corrected chi connectivity index (χ3v) is 3.56. The van der Waals surface area contributed by atoms with E-state index < -0.39 is 6.10 Å². The van der Waals surface area contributed by atoms with Gasteiger partial charge in [-0.25, -0.2) is 0 Å². The van der Waals surface area contributed by atoms with Crippen LogP contribution in [-0.4, -0.2) is 19.3 Å². The minimum Gasteiger partial charge on any atom is -0.495 e. The molecule has 0 aliphatic heterocycles. The summed E-state index contributed by atoms with van der Waals surface area (Å²) >= 11 is 6.21. The fraction of sp³-hybridized carbons (Fsp3) is 0.250. The summed E-state index contributed by atoms with van der Waals surface area (Å²) in [6.07, 6.45) is -0.797. The number of rotatable bonds is 4. The third-order valence-electron chi connectivity index (χ3n) is 3.20. The average Bonchev–Trinajstić information content (AvgIpc) is 2.47. The van der Waals surface area contributed by atoms with Gasteiger partial charge < -0.3 is 14.6 Å². The lowest BCUT2D eigenvalue weighted by Crippen LogP contribution is -2.03. The Bertz CT molecular complexity index is 593. The minimum atomic E-state index is -0.797. The van der Waals surface area contributed by atoms with E-state index >= 15 is 0 Å². The van der Waals surface area contributed by atoms with Crippen molar-refractivity contribution in [3.63, 3.8) is 0 Å². The van der Waals surface area contributed by atoms with Crippen LogP contribution >= 0.6 is 11.6 Å². The zero-order valence-corrected chi connectivity index (χ0v) is 12.4. The van der Waals surface area contributed by atoms with Crippen LogP contribution in [0.4, 0.5) is 0 Å². The zero-order valence-electron chi connectivity index (χ0n) is 11.7. The van der Waals surface area contributed by atoms with Gasteiger partial charge in [-0.15, -0.1) is 0 Å². The maximum absolute atomic E-state index is 10.5. The van der Waals surface area contributed by atoms with Gasteiger partial charge in [-0.2, -0.15) is 0 Å². The molecule has 106 valence electrons. The summed E-state index contributed by atoms with van der Waals surface area (Å²) in [5, 5.41) is 10.9. The van der Waals surface area contributed by atoms with Crippen molar-refractivity contribution in [3.8, 4) is 11.5 Å². The van der Waals surface area contributed by atoms with Gasteiger partial charge >= 0.3 is 0 Å². The molecule has 2 aromatic carbocycles. The molecule has 0 radical (unpaired) electrons. The molecule has 4 heteroatoms. The molecule has 0 saturated heterocycles. The van der Waals surface area contributed by atoms with Crippen LogP contribution in [0.2, 0.25) is 5.02 Å². The van der Waals surface area contributed by atoms with Crippen molar-refractivity contribution in [2.24, 2.45) is 0 Å². The maximum Gasteiger partial charge on any atom is 0.147 e. The van der Waals surface area contributed by atoms with Gasteiger partial charge in [0.05, 0.1) is 14.2 Å². The molecule has 1 N–H and O–H groups in total. The molecule has 3 nitrogen and oxygen atoms in total. The lowest BCUT2D eigenvalue weighted by atomic mass is 9.99. The van der Waals surface area contributed by atoms with Crippen molar-refractivity contribution in [2.75, 3.05) is 14.2 Å². The van der Waals surface area contributed by atoms with Gasteiger partial charge in [0.1, 0.15) is 22.6 Å². The molecule has 0 aromatic heterocycles. The predicted octanol–water partition coefficient (Wildman–Crippen LogP) is 3.75. The Morgan fingerprint density at radius 1 is 1.00 bits per heavy atom. The second-order valence-electron chi connectivity index (χ2n) is 4.52. The van der Waals surface area contributed by atoms with Crippen LogP contribution in [0, 0.1) is 6.92 Å². The average molecular weight is 293 g/mol. The normalized spacial score (nSPS) is 12.1. The molecule has 0 bridgehead atoms. The first-order chi connectivity index (χ1) is 9.58. The molecule has 2 aromatic rings. The number of hydrogen-bond acceptors (Lipinski definition) is 3. The number of ether oxygens (including phenoxy) is 2. The lowest BCUT2D eigenvalue weighted by Gasteiger charge is -2.18. The van der Waals surface area contributed by atoms with Crippen molar-refractivity contribution in [1.82, 2.24) is 0 Å². The Morgan fingerprint density at radius 3 is 2.20 bits per heavy atom. The smallest absolute Gasteiger partial charge is 0.147 e. The monoisotopic (exact) mass is 292 g/mol. The van der Waals surface area contributed by atoms with Crippen molar-refractivity contribution in [2.45, 2.75) is 13.0 Å². The van der Waals surface area contributed by atoms with Gasteiger partial charge in [0, 0.05) is 5.56 Å². The highest BCUT2D eigenvalue weighted by molar-refractivity contribution is 6.33. The first-order valence-electron chi connectivity index (χ1n) is 6.23. The van der Waals surface area contributed by atoms with Crippen LogP contribution in [0.15, 0.2) is 36.4 Å². The number of hydrogen-bond donors (Lipinski definition) is 1. The van der Waals surface area contributed by atoms with E-state index in [0.29, 0.717) is 22.1 Å². The van der Waals surface area contributed by atoms with E-state index in [1.54, 1.807) is 12.1 Å². The molecular weight excluding hydrogens is 276 g/mol. The number of aliphatic hydroxyl groups is 1. The first kappa shape index (κ1) is 14.7. The van der Waals surface area contributed by atoms with Gasteiger partial charge in [0.15, 0.2) is 0 Å². The highest BCUT2D eigenvalue weighted by Gasteiger charge is 2.20. The minimum absolute atomic E-state index is 0.360. The molecule has 0 aliphatic carbocycles. The molecule has 0 aliphatic rings. The lowest BCUT2D eigenvalue weighted by molar-refractivity contribution is 0.214. The topological polar surface area (TPSA) is 38.7 Å². The number of aliphatic hydroxyl groups excluding tert-OH is 1. The third kappa shape index (κ3) is 2.74. The predicted molar refractivity (Wildman–Crippen MR) is 79.8 cm³/mol. The van der Waals surface area contributed by atoms with Crippen LogP contribution in [0.1, 0.15) is 22.8 Å². The van der Waals surface area contributed by atoms with Crippen LogP contribution in [0.25, 0.3) is 0 Å². The molecule has 20 heavy (non-hydrogen) atoms. The second kappa shape index (κ2) is 6.16. The Labute approximate surface area is 123 Å². The van der Waals surface area contributed by atoms with Gasteiger partial charge in [0.2, 0.25) is 0 Å². The van der Waals surface area contributed by atoms with Crippen molar-refractivity contribution in [1.29, 1.82) is 0 Å². The Balaban J connectivity index is 2.46. The second-order valence-corrected chi connectivity index (χ2v) is 4.90. The van der Waals surface area contributed by atoms with E-state index in [4.69, 9.17) is 21.1 Å². The number of aryl methyl sites for hydroxylation is 1. The Hall–Kier alpha value is -1.71. The standard InChI is InChI=1S/C16H17ClO3/c1-10-4-6-11(7-5-10)15(18)12-8-9-13(19-2)14(17)16(12)20-3/h4-9,15,18H,1-3H3. The summed E-state index contributed by atoms with van der Waals surface area (Å²) in [7, 11) is 3.06. The largest absolute Gasteiger partial charge is 0.495 e. The molecule has 0 spiro atoms. The Kier molecular flexibility index (Phi) is 4.53. The summed E-state index contributed by atoms with van der Waals surface area (Å²) in [5.74, 6) is 0.947. The van der Waals surface area contributed by atoms with Gasteiger partial charge in [0.25, 0.3) is 0 Å².